The lowest BCUT2D eigenvalue weighted by molar-refractivity contribution is -0.146. The summed E-state index contributed by atoms with van der Waals surface area (Å²) in [4.78, 5) is 16.5. The van der Waals surface area contributed by atoms with E-state index < -0.39 is 0 Å². The number of hydrogen-bond acceptors (Lipinski definition) is 5. The molecule has 0 aromatic carbocycles. The molecule has 25 heavy (non-hydrogen) atoms. The molecule has 138 valence electrons. The maximum absolute atomic E-state index is 12.2. The molecular formula is C20H29NO4. The molecular weight excluding hydrogens is 318 g/mol. The van der Waals surface area contributed by atoms with Gasteiger partial charge in [-0.3, -0.25) is 9.78 Å². The minimum Gasteiger partial charge on any atom is -0.493 e. The van der Waals surface area contributed by atoms with Crippen molar-refractivity contribution in [1.29, 1.82) is 0 Å². The van der Waals surface area contributed by atoms with Crippen molar-refractivity contribution in [3.05, 3.63) is 18.0 Å². The molecule has 1 aromatic rings. The third-order valence-electron chi connectivity index (χ3n) is 6.02. The van der Waals surface area contributed by atoms with Gasteiger partial charge in [0.05, 0.1) is 14.2 Å². The van der Waals surface area contributed by atoms with Crippen molar-refractivity contribution < 1.29 is 19.0 Å². The predicted molar refractivity (Wildman–Crippen MR) is 94.6 cm³/mol. The largest absolute Gasteiger partial charge is 0.493 e. The predicted octanol–water partition coefficient (Wildman–Crippen LogP) is 4.28. The molecule has 0 N–H and O–H groups in total. The second-order valence-electron chi connectivity index (χ2n) is 7.51. The molecule has 2 fully saturated rings. The van der Waals surface area contributed by atoms with Crippen molar-refractivity contribution in [2.45, 2.75) is 64.4 Å². The van der Waals surface area contributed by atoms with E-state index in [9.17, 15) is 4.79 Å². The summed E-state index contributed by atoms with van der Waals surface area (Å²) in [6.07, 6.45) is 12.6. The van der Waals surface area contributed by atoms with Crippen LogP contribution in [-0.4, -0.2) is 25.2 Å². The van der Waals surface area contributed by atoms with Crippen LogP contribution >= 0.6 is 0 Å². The Morgan fingerprint density at radius 2 is 1.88 bits per heavy atom. The first-order valence-corrected chi connectivity index (χ1v) is 9.37. The maximum atomic E-state index is 12.2. The fourth-order valence-corrected chi connectivity index (χ4v) is 4.52. The first kappa shape index (κ1) is 18.0. The van der Waals surface area contributed by atoms with E-state index >= 15 is 0 Å². The summed E-state index contributed by atoms with van der Waals surface area (Å²) in [7, 11) is 3.14. The first-order valence-electron chi connectivity index (χ1n) is 9.37. The van der Waals surface area contributed by atoms with Gasteiger partial charge in [0.25, 0.3) is 0 Å². The second kappa shape index (κ2) is 8.07. The maximum Gasteiger partial charge on any atom is 0.306 e. The lowest BCUT2D eigenvalue weighted by Gasteiger charge is -2.37. The van der Waals surface area contributed by atoms with Crippen LogP contribution in [0.2, 0.25) is 0 Å². The van der Waals surface area contributed by atoms with Gasteiger partial charge in [-0.15, -0.1) is 0 Å². The molecule has 5 nitrogen and oxygen atoms in total. The van der Waals surface area contributed by atoms with Crippen molar-refractivity contribution in [1.82, 2.24) is 4.98 Å². The highest BCUT2D eigenvalue weighted by molar-refractivity contribution is 5.69. The number of nitrogens with zero attached hydrogens (tertiary/aromatic N) is 1. The van der Waals surface area contributed by atoms with Crippen LogP contribution in [-0.2, 0) is 16.1 Å². The molecule has 0 saturated heterocycles. The number of aromatic nitrogens is 1. The Morgan fingerprint density at radius 1 is 1.16 bits per heavy atom. The molecule has 0 bridgehead atoms. The van der Waals surface area contributed by atoms with Crippen LogP contribution in [0.5, 0.6) is 11.5 Å². The van der Waals surface area contributed by atoms with Crippen LogP contribution in [0.4, 0.5) is 0 Å². The third-order valence-corrected chi connectivity index (χ3v) is 6.02. The topological polar surface area (TPSA) is 57.7 Å². The third kappa shape index (κ3) is 4.25. The minimum atomic E-state index is -0.140. The second-order valence-corrected chi connectivity index (χ2v) is 7.51. The molecule has 0 radical (unpaired) electrons. The van der Waals surface area contributed by atoms with E-state index in [0.717, 1.165) is 12.8 Å². The van der Waals surface area contributed by atoms with Crippen LogP contribution in [0.25, 0.3) is 0 Å². The van der Waals surface area contributed by atoms with Crippen molar-refractivity contribution in [2.75, 3.05) is 14.2 Å². The van der Waals surface area contributed by atoms with E-state index in [4.69, 9.17) is 14.2 Å². The quantitative estimate of drug-likeness (QED) is 0.719. The lowest BCUT2D eigenvalue weighted by atomic mass is 9.69. The molecule has 2 saturated carbocycles. The fraction of sp³-hybridized carbons (Fsp3) is 0.700. The van der Waals surface area contributed by atoms with Crippen molar-refractivity contribution >= 4 is 5.97 Å². The zero-order valence-electron chi connectivity index (χ0n) is 15.4. The Labute approximate surface area is 150 Å². The summed E-state index contributed by atoms with van der Waals surface area (Å²) in [6.45, 7) is 0.121. The van der Waals surface area contributed by atoms with E-state index in [1.807, 2.05) is 0 Å². The van der Waals surface area contributed by atoms with E-state index in [-0.39, 0.29) is 12.6 Å². The van der Waals surface area contributed by atoms with Gasteiger partial charge in [0.15, 0.2) is 11.5 Å². The van der Waals surface area contributed by atoms with Gasteiger partial charge in [-0.2, -0.15) is 0 Å². The Hall–Kier alpha value is -1.78. The number of methoxy groups -OCH3 is 2. The van der Waals surface area contributed by atoms with Crippen molar-refractivity contribution in [2.24, 2.45) is 11.3 Å². The average Bonchev–Trinajstić information content (AvgIpc) is 3.09. The van der Waals surface area contributed by atoms with Crippen LogP contribution in [0, 0.1) is 11.3 Å². The monoisotopic (exact) mass is 347 g/mol. The summed E-state index contributed by atoms with van der Waals surface area (Å²) in [6, 6.07) is 1.73. The molecule has 1 aromatic heterocycles. The lowest BCUT2D eigenvalue weighted by Crippen LogP contribution is -2.26. The number of rotatable bonds is 6. The Balaban J connectivity index is 1.47. The first-order chi connectivity index (χ1) is 12.2. The van der Waals surface area contributed by atoms with Crippen LogP contribution in [0.3, 0.4) is 0 Å². The standard InChI is InChI=1S/C20H29NO4/c1-23-17-7-12-21-16(19(17)24-2)14-25-18(22)13-15-5-10-20(11-6-15)8-3-4-9-20/h7,12,15H,3-6,8-11,13-14H2,1-2H3. The molecule has 0 unspecified atom stereocenters. The minimum absolute atomic E-state index is 0.121. The van der Waals surface area contributed by atoms with Crippen molar-refractivity contribution in [3.63, 3.8) is 0 Å². The van der Waals surface area contributed by atoms with Gasteiger partial charge in [0.1, 0.15) is 12.3 Å². The van der Waals surface area contributed by atoms with Crippen LogP contribution in [0.1, 0.15) is 63.5 Å². The summed E-state index contributed by atoms with van der Waals surface area (Å²) in [5.74, 6) is 1.45. The van der Waals surface area contributed by atoms with E-state index in [1.54, 1.807) is 26.5 Å². The molecule has 0 aliphatic heterocycles. The highest BCUT2D eigenvalue weighted by Gasteiger charge is 2.37. The number of ether oxygens (including phenoxy) is 3. The summed E-state index contributed by atoms with van der Waals surface area (Å²) in [5, 5.41) is 0. The Morgan fingerprint density at radius 3 is 2.52 bits per heavy atom. The summed E-state index contributed by atoms with van der Waals surface area (Å²) in [5.41, 5.74) is 1.20. The van der Waals surface area contributed by atoms with Gasteiger partial charge in [-0.25, -0.2) is 0 Å². The fourth-order valence-electron chi connectivity index (χ4n) is 4.52. The Bertz CT molecular complexity index is 585. The summed E-state index contributed by atoms with van der Waals surface area (Å²) >= 11 is 0. The van der Waals surface area contributed by atoms with Crippen LogP contribution < -0.4 is 9.47 Å². The van der Waals surface area contributed by atoms with E-state index in [1.165, 1.54) is 38.5 Å². The van der Waals surface area contributed by atoms with Crippen molar-refractivity contribution in [3.8, 4) is 11.5 Å². The van der Waals surface area contributed by atoms with Gasteiger partial charge in [-0.05, 0) is 49.9 Å². The molecule has 2 aliphatic carbocycles. The highest BCUT2D eigenvalue weighted by atomic mass is 16.5. The molecule has 5 heteroatoms. The molecule has 3 rings (SSSR count). The van der Waals surface area contributed by atoms with Gasteiger partial charge >= 0.3 is 5.97 Å². The van der Waals surface area contributed by atoms with Gasteiger partial charge in [-0.1, -0.05) is 12.8 Å². The van der Waals surface area contributed by atoms with E-state index in [2.05, 4.69) is 4.98 Å². The van der Waals surface area contributed by atoms with E-state index in [0.29, 0.717) is 34.9 Å². The molecule has 1 heterocycles. The smallest absolute Gasteiger partial charge is 0.306 e. The number of carbonyl (C=O) groups is 1. The SMILES string of the molecule is COc1ccnc(COC(=O)CC2CCC3(CCCC3)CC2)c1OC. The number of carbonyl (C=O) groups excluding carboxylic acids is 1. The molecule has 0 atom stereocenters. The molecule has 1 spiro atoms. The highest BCUT2D eigenvalue weighted by Crippen LogP contribution is 2.50. The van der Waals surface area contributed by atoms with Gasteiger partial charge in [0, 0.05) is 18.7 Å². The Kier molecular flexibility index (Phi) is 5.82. The van der Waals surface area contributed by atoms with Crippen LogP contribution in [0.15, 0.2) is 12.3 Å². The normalized spacial score (nSPS) is 19.8. The zero-order valence-corrected chi connectivity index (χ0v) is 15.4. The molecule has 0 amide bonds. The molecule has 2 aliphatic rings. The van der Waals surface area contributed by atoms with Gasteiger partial charge in [0.2, 0.25) is 0 Å². The number of esters is 1. The zero-order chi connectivity index (χ0) is 17.7. The number of pyridine rings is 1. The van der Waals surface area contributed by atoms with Gasteiger partial charge < -0.3 is 14.2 Å². The average molecular weight is 347 g/mol. The number of hydrogen-bond donors (Lipinski definition) is 0. The summed E-state index contributed by atoms with van der Waals surface area (Å²) < 4.78 is 16.0.